The number of aromatic hydroxyl groups is 2. The molecule has 0 bridgehead atoms. The Morgan fingerprint density at radius 2 is 0.790 bits per heavy atom. The Labute approximate surface area is 377 Å². The van der Waals surface area contributed by atoms with Crippen molar-refractivity contribution in [3.63, 3.8) is 0 Å². The molecule has 10 nitrogen and oxygen atoms in total. The molecule has 0 saturated carbocycles. The van der Waals surface area contributed by atoms with Gasteiger partial charge in [-0.05, 0) is 113 Å². The van der Waals surface area contributed by atoms with Crippen LogP contribution in [-0.2, 0) is 22.4 Å². The average molecular weight is 867 g/mol. The minimum absolute atomic E-state index is 0.386. The lowest BCUT2D eigenvalue weighted by Gasteiger charge is -2.32. The molecule has 4 heterocycles. The monoisotopic (exact) mass is 867 g/mol. The summed E-state index contributed by atoms with van der Waals surface area (Å²) in [6.45, 7) is 31.3. The minimum Gasteiger partial charge on any atom is -0.506 e. The average Bonchev–Trinajstić information content (AvgIpc) is 3.20. The van der Waals surface area contributed by atoms with E-state index < -0.39 is 11.9 Å². The summed E-state index contributed by atoms with van der Waals surface area (Å²) < 4.78 is 0. The number of carbonyl (C=O) groups is 2. The molecule has 0 saturated heterocycles. The lowest BCUT2D eigenvalue weighted by molar-refractivity contribution is -0.159. The van der Waals surface area contributed by atoms with E-state index in [4.69, 9.17) is 29.8 Å². The zero-order valence-corrected chi connectivity index (χ0v) is 41.4. The molecule has 4 unspecified atom stereocenters. The number of pyridine rings is 2. The highest BCUT2D eigenvalue weighted by Crippen LogP contribution is 2.36. The third-order valence-electron chi connectivity index (χ3n) is 13.4. The van der Waals surface area contributed by atoms with Gasteiger partial charge < -0.3 is 30.2 Å². The number of aliphatic carboxylic acids is 2. The maximum absolute atomic E-state index is 10.2. The van der Waals surface area contributed by atoms with Gasteiger partial charge in [-0.2, -0.15) is 0 Å². The fraction of sp³-hybridized carbons (Fsp3) is 0.769. The van der Waals surface area contributed by atoms with Crippen LogP contribution in [0.5, 0.6) is 11.5 Å². The third kappa shape index (κ3) is 19.5. The molecule has 2 aromatic rings. The molecule has 10 heteroatoms. The van der Waals surface area contributed by atoms with E-state index in [-0.39, 0.29) is 0 Å². The van der Waals surface area contributed by atoms with E-state index in [1.807, 2.05) is 27.7 Å². The third-order valence-corrected chi connectivity index (χ3v) is 13.4. The van der Waals surface area contributed by atoms with Crippen molar-refractivity contribution in [2.75, 3.05) is 36.0 Å². The summed E-state index contributed by atoms with van der Waals surface area (Å²) in [5, 5.41) is 35.2. The van der Waals surface area contributed by atoms with Crippen molar-refractivity contribution in [2.24, 2.45) is 35.5 Å². The zero-order chi connectivity index (χ0) is 46.5. The van der Waals surface area contributed by atoms with E-state index in [9.17, 15) is 10.2 Å². The predicted octanol–water partition coefficient (Wildman–Crippen LogP) is 12.8. The van der Waals surface area contributed by atoms with E-state index in [2.05, 4.69) is 65.2 Å². The second-order valence-corrected chi connectivity index (χ2v) is 20.2. The number of carboxylic acids is 2. The second kappa shape index (κ2) is 28.3. The highest BCUT2D eigenvalue weighted by molar-refractivity contribution is 6.27. The first-order valence-electron chi connectivity index (χ1n) is 24.6. The Balaban J connectivity index is 0.000000377. The number of rotatable bonds is 22. The van der Waals surface area contributed by atoms with Gasteiger partial charge in [0.2, 0.25) is 0 Å². The summed E-state index contributed by atoms with van der Waals surface area (Å²) in [6.07, 6.45) is 23.4. The lowest BCUT2D eigenvalue weighted by atomic mass is 9.92. The molecule has 0 spiro atoms. The first-order valence-corrected chi connectivity index (χ1v) is 24.6. The molecule has 0 aromatic carbocycles. The number of hydrogen-bond acceptors (Lipinski definition) is 8. The Hall–Kier alpha value is -3.56. The molecule has 0 fully saturated rings. The maximum atomic E-state index is 10.2. The van der Waals surface area contributed by atoms with Crippen molar-refractivity contribution in [2.45, 2.75) is 199 Å². The van der Waals surface area contributed by atoms with Crippen LogP contribution in [-0.4, -0.2) is 68.5 Å². The highest BCUT2D eigenvalue weighted by Gasteiger charge is 2.25. The van der Waals surface area contributed by atoms with Gasteiger partial charge in [-0.15, -0.1) is 0 Å². The van der Waals surface area contributed by atoms with Gasteiger partial charge in [0, 0.05) is 37.3 Å². The van der Waals surface area contributed by atoms with Gasteiger partial charge in [-0.25, -0.2) is 19.6 Å². The molecule has 2 aromatic heterocycles. The number of hydrogen-bond donors (Lipinski definition) is 4. The zero-order valence-electron chi connectivity index (χ0n) is 41.4. The van der Waals surface area contributed by atoms with Crippen LogP contribution < -0.4 is 9.80 Å². The maximum Gasteiger partial charge on any atom is 0.414 e. The largest absolute Gasteiger partial charge is 0.506 e. The summed E-state index contributed by atoms with van der Waals surface area (Å²) in [7, 11) is 0. The molecular weight excluding hydrogens is 777 g/mol. The first-order chi connectivity index (χ1) is 29.2. The van der Waals surface area contributed by atoms with Crippen LogP contribution in [0.4, 0.5) is 11.6 Å². The van der Waals surface area contributed by atoms with Gasteiger partial charge >= 0.3 is 11.9 Å². The molecule has 354 valence electrons. The van der Waals surface area contributed by atoms with E-state index in [1.54, 1.807) is 0 Å². The van der Waals surface area contributed by atoms with Crippen LogP contribution in [0.1, 0.15) is 192 Å². The fourth-order valence-electron chi connectivity index (χ4n) is 9.09. The molecule has 0 amide bonds. The van der Waals surface area contributed by atoms with Gasteiger partial charge in [0.15, 0.2) is 0 Å². The molecule has 62 heavy (non-hydrogen) atoms. The van der Waals surface area contributed by atoms with Gasteiger partial charge in [0.05, 0.1) is 11.4 Å². The Bertz CT molecular complexity index is 1520. The number of anilines is 2. The van der Waals surface area contributed by atoms with Crippen LogP contribution in [0.25, 0.3) is 0 Å². The summed E-state index contributed by atoms with van der Waals surface area (Å²) in [6, 6.07) is 0. The minimum atomic E-state index is -1.82. The van der Waals surface area contributed by atoms with Crippen molar-refractivity contribution >= 4 is 23.6 Å². The van der Waals surface area contributed by atoms with Gasteiger partial charge in [0.1, 0.15) is 23.1 Å². The SMILES string of the molecule is Cc1nc2c(c(C)c1O)CCCN2CCC(C)CCCC(C)CCCC(C)C.Cc1nc2c(c(C)c1O)CCCN2CCC(C)CCCC(C)CCCC(C)C.O=C(O)C(=O)O. The molecule has 0 radical (unpaired) electrons. The number of fused-ring (bicyclic) bond motifs is 2. The summed E-state index contributed by atoms with van der Waals surface area (Å²) in [5.74, 6) is 4.37. The summed E-state index contributed by atoms with van der Waals surface area (Å²) >= 11 is 0. The Morgan fingerprint density at radius 1 is 0.500 bits per heavy atom. The standard InChI is InChI=1S/2C25H44N2O.C2H2O4/c2*1-18(2)10-7-11-19(3)12-8-13-20(4)15-17-27-16-9-14-23-21(5)24(28)22(6)26-25(23)27;3-1(4)2(5)6/h2*18-20,28H,7-17H2,1-6H3;(H,3,4)(H,5,6). The van der Waals surface area contributed by atoms with Crippen LogP contribution in [0.15, 0.2) is 0 Å². The lowest BCUT2D eigenvalue weighted by Crippen LogP contribution is -2.32. The normalized spacial score (nSPS) is 15.5. The molecule has 4 rings (SSSR count). The van der Waals surface area contributed by atoms with Crippen LogP contribution in [0.2, 0.25) is 0 Å². The fourth-order valence-corrected chi connectivity index (χ4v) is 9.09. The van der Waals surface area contributed by atoms with Gasteiger partial charge in [-0.1, -0.05) is 132 Å². The molecular formula is C52H90N4O6. The van der Waals surface area contributed by atoms with Crippen molar-refractivity contribution < 1.29 is 30.0 Å². The smallest absolute Gasteiger partial charge is 0.414 e. The summed E-state index contributed by atoms with van der Waals surface area (Å²) in [4.78, 5) is 32.6. The Morgan fingerprint density at radius 3 is 1.08 bits per heavy atom. The van der Waals surface area contributed by atoms with Crippen molar-refractivity contribution in [1.82, 2.24) is 9.97 Å². The van der Waals surface area contributed by atoms with E-state index >= 15 is 0 Å². The van der Waals surface area contributed by atoms with Gasteiger partial charge in [0.25, 0.3) is 0 Å². The number of aryl methyl sites for hydroxylation is 2. The van der Waals surface area contributed by atoms with E-state index in [1.165, 1.54) is 114 Å². The number of carboxylic acid groups (broad SMARTS) is 2. The number of aromatic nitrogens is 2. The molecule has 0 aliphatic carbocycles. The van der Waals surface area contributed by atoms with E-state index in [0.717, 1.165) is 109 Å². The predicted molar refractivity (Wildman–Crippen MR) is 258 cm³/mol. The second-order valence-electron chi connectivity index (χ2n) is 20.2. The molecule has 4 N–H and O–H groups in total. The number of nitrogens with zero attached hydrogens (tertiary/aromatic N) is 4. The quantitative estimate of drug-likeness (QED) is 0.0843. The van der Waals surface area contributed by atoms with Crippen molar-refractivity contribution in [3.05, 3.63) is 33.6 Å². The first kappa shape index (κ1) is 54.6. The van der Waals surface area contributed by atoms with Crippen LogP contribution >= 0.6 is 0 Å². The van der Waals surface area contributed by atoms with Crippen molar-refractivity contribution in [3.8, 4) is 11.5 Å². The van der Waals surface area contributed by atoms with Crippen LogP contribution in [0.3, 0.4) is 0 Å². The topological polar surface area (TPSA) is 147 Å². The molecule has 2 aliphatic heterocycles. The van der Waals surface area contributed by atoms with Gasteiger partial charge in [-0.3, -0.25) is 0 Å². The summed E-state index contributed by atoms with van der Waals surface area (Å²) in [5.41, 5.74) is 6.12. The van der Waals surface area contributed by atoms with Crippen LogP contribution in [0, 0.1) is 63.2 Å². The molecule has 2 aliphatic rings. The van der Waals surface area contributed by atoms with E-state index in [0.29, 0.717) is 11.5 Å². The molecule has 4 atom stereocenters. The Kier molecular flexibility index (Phi) is 24.9. The van der Waals surface area contributed by atoms with Crippen molar-refractivity contribution in [1.29, 1.82) is 0 Å². The highest BCUT2D eigenvalue weighted by atomic mass is 16.4.